The molecular weight excluding hydrogens is 214 g/mol. The number of hydrogen-bond acceptors (Lipinski definition) is 3. The van der Waals surface area contributed by atoms with Crippen LogP contribution in [0.1, 0.15) is 26.2 Å². The second-order valence-electron chi connectivity index (χ2n) is 4.83. The Labute approximate surface area is 103 Å². The molecule has 0 aromatic heterocycles. The first-order chi connectivity index (χ1) is 8.21. The first-order valence-electron chi connectivity index (χ1n) is 6.21. The number of methoxy groups -OCH3 is 2. The molecule has 0 amide bonds. The molecule has 2 rings (SSSR count). The fourth-order valence-electron chi connectivity index (χ4n) is 2.09. The van der Waals surface area contributed by atoms with Gasteiger partial charge in [-0.1, -0.05) is 12.8 Å². The van der Waals surface area contributed by atoms with E-state index in [2.05, 4.69) is 12.2 Å². The number of nitrogens with one attached hydrogen (secondary N) is 1. The Morgan fingerprint density at radius 2 is 1.76 bits per heavy atom. The fourth-order valence-corrected chi connectivity index (χ4v) is 2.09. The molecule has 1 fully saturated rings. The van der Waals surface area contributed by atoms with Gasteiger partial charge in [0.1, 0.15) is 11.5 Å². The minimum Gasteiger partial charge on any atom is -0.497 e. The van der Waals surface area contributed by atoms with Crippen molar-refractivity contribution in [2.24, 2.45) is 5.92 Å². The lowest BCUT2D eigenvalue weighted by Crippen LogP contribution is -2.15. The molecule has 3 nitrogen and oxygen atoms in total. The molecule has 94 valence electrons. The fraction of sp³-hybridized carbons (Fsp3) is 0.571. The minimum absolute atomic E-state index is 0.499. The van der Waals surface area contributed by atoms with Crippen LogP contribution in [0.5, 0.6) is 11.5 Å². The highest BCUT2D eigenvalue weighted by atomic mass is 16.5. The summed E-state index contributed by atoms with van der Waals surface area (Å²) in [6, 6.07) is 6.40. The molecule has 1 atom stereocenters. The number of rotatable bonds is 6. The van der Waals surface area contributed by atoms with Crippen molar-refractivity contribution in [2.75, 3.05) is 19.5 Å². The van der Waals surface area contributed by atoms with Crippen molar-refractivity contribution in [3.05, 3.63) is 18.2 Å². The van der Waals surface area contributed by atoms with Crippen LogP contribution in [0, 0.1) is 5.92 Å². The van der Waals surface area contributed by atoms with Crippen molar-refractivity contribution in [1.82, 2.24) is 0 Å². The average Bonchev–Trinajstić information content (AvgIpc) is 3.12. The van der Waals surface area contributed by atoms with Gasteiger partial charge in [-0.3, -0.25) is 0 Å². The molecule has 1 N–H and O–H groups in total. The molecule has 1 aliphatic rings. The van der Waals surface area contributed by atoms with Crippen LogP contribution in [0.2, 0.25) is 0 Å². The lowest BCUT2D eigenvalue weighted by molar-refractivity contribution is 0.394. The van der Waals surface area contributed by atoms with Gasteiger partial charge >= 0.3 is 0 Å². The minimum atomic E-state index is 0.499. The monoisotopic (exact) mass is 235 g/mol. The lowest BCUT2D eigenvalue weighted by Gasteiger charge is -2.16. The van der Waals surface area contributed by atoms with Crippen LogP contribution in [0.4, 0.5) is 5.69 Å². The standard InChI is InChI=1S/C14H21NO2/c1-10(6-11-4-5-11)15-12-7-13(16-2)9-14(8-12)17-3/h7-11,15H,4-6H2,1-3H3. The van der Waals surface area contributed by atoms with Gasteiger partial charge in [-0.15, -0.1) is 0 Å². The van der Waals surface area contributed by atoms with Gasteiger partial charge in [-0.2, -0.15) is 0 Å². The van der Waals surface area contributed by atoms with E-state index in [1.54, 1.807) is 14.2 Å². The first-order valence-corrected chi connectivity index (χ1v) is 6.21. The van der Waals surface area contributed by atoms with Crippen LogP contribution >= 0.6 is 0 Å². The molecule has 1 aromatic carbocycles. The van der Waals surface area contributed by atoms with Crippen molar-refractivity contribution < 1.29 is 9.47 Å². The summed E-state index contributed by atoms with van der Waals surface area (Å²) in [5, 5.41) is 3.50. The van der Waals surface area contributed by atoms with Gasteiger partial charge in [0.15, 0.2) is 0 Å². The Bertz CT molecular complexity index is 352. The van der Waals surface area contributed by atoms with Gasteiger partial charge in [0.2, 0.25) is 0 Å². The molecule has 3 heteroatoms. The largest absolute Gasteiger partial charge is 0.497 e. The van der Waals surface area contributed by atoms with Crippen LogP contribution in [-0.2, 0) is 0 Å². The van der Waals surface area contributed by atoms with Crippen LogP contribution in [0.25, 0.3) is 0 Å². The molecule has 17 heavy (non-hydrogen) atoms. The van der Waals surface area contributed by atoms with E-state index >= 15 is 0 Å². The van der Waals surface area contributed by atoms with Gasteiger partial charge < -0.3 is 14.8 Å². The molecule has 1 unspecified atom stereocenters. The summed E-state index contributed by atoms with van der Waals surface area (Å²) in [6.07, 6.45) is 4.04. The number of hydrogen-bond donors (Lipinski definition) is 1. The zero-order chi connectivity index (χ0) is 12.3. The molecule has 0 saturated heterocycles. The van der Waals surface area contributed by atoms with E-state index in [4.69, 9.17) is 9.47 Å². The third-order valence-corrected chi connectivity index (χ3v) is 3.15. The molecule has 0 radical (unpaired) electrons. The van der Waals surface area contributed by atoms with Gasteiger partial charge in [0, 0.05) is 29.9 Å². The molecule has 1 aliphatic carbocycles. The second-order valence-corrected chi connectivity index (χ2v) is 4.83. The highest BCUT2D eigenvalue weighted by Gasteiger charge is 2.23. The van der Waals surface area contributed by atoms with E-state index in [-0.39, 0.29) is 0 Å². The summed E-state index contributed by atoms with van der Waals surface area (Å²) in [6.45, 7) is 2.23. The van der Waals surface area contributed by atoms with E-state index in [9.17, 15) is 0 Å². The molecule has 1 saturated carbocycles. The second kappa shape index (κ2) is 5.30. The molecule has 0 aliphatic heterocycles. The van der Waals surface area contributed by atoms with E-state index in [0.717, 1.165) is 23.1 Å². The maximum atomic E-state index is 5.25. The van der Waals surface area contributed by atoms with Crippen molar-refractivity contribution in [2.45, 2.75) is 32.2 Å². The Hall–Kier alpha value is -1.38. The Morgan fingerprint density at radius 1 is 1.18 bits per heavy atom. The van der Waals surface area contributed by atoms with E-state index < -0.39 is 0 Å². The number of anilines is 1. The third kappa shape index (κ3) is 3.55. The van der Waals surface area contributed by atoms with Gasteiger partial charge in [-0.25, -0.2) is 0 Å². The number of ether oxygens (including phenoxy) is 2. The maximum absolute atomic E-state index is 5.25. The van der Waals surface area contributed by atoms with E-state index in [1.807, 2.05) is 18.2 Å². The summed E-state index contributed by atoms with van der Waals surface area (Å²) in [4.78, 5) is 0. The Kier molecular flexibility index (Phi) is 3.77. The molecule has 0 bridgehead atoms. The van der Waals surface area contributed by atoms with Crippen LogP contribution in [0.3, 0.4) is 0 Å². The SMILES string of the molecule is COc1cc(NC(C)CC2CC2)cc(OC)c1. The topological polar surface area (TPSA) is 30.5 Å². The molecule has 0 heterocycles. The first kappa shape index (κ1) is 12.1. The molecule has 1 aromatic rings. The average molecular weight is 235 g/mol. The Morgan fingerprint density at radius 3 is 2.24 bits per heavy atom. The van der Waals surface area contributed by atoms with Crippen LogP contribution in [-0.4, -0.2) is 20.3 Å². The van der Waals surface area contributed by atoms with Crippen molar-refractivity contribution in [3.63, 3.8) is 0 Å². The highest BCUT2D eigenvalue weighted by molar-refractivity contribution is 5.54. The van der Waals surface area contributed by atoms with Crippen LogP contribution in [0.15, 0.2) is 18.2 Å². The predicted octanol–water partition coefficient (Wildman–Crippen LogP) is 3.30. The van der Waals surface area contributed by atoms with Crippen molar-refractivity contribution in [3.8, 4) is 11.5 Å². The lowest BCUT2D eigenvalue weighted by atomic mass is 10.1. The van der Waals surface area contributed by atoms with E-state index in [0.29, 0.717) is 6.04 Å². The summed E-state index contributed by atoms with van der Waals surface area (Å²) < 4.78 is 10.5. The summed E-state index contributed by atoms with van der Waals surface area (Å²) >= 11 is 0. The van der Waals surface area contributed by atoms with Gasteiger partial charge in [0.25, 0.3) is 0 Å². The summed E-state index contributed by atoms with van der Waals surface area (Å²) in [7, 11) is 3.35. The smallest absolute Gasteiger partial charge is 0.124 e. The Balaban J connectivity index is 2.02. The summed E-state index contributed by atoms with van der Waals surface area (Å²) in [5.41, 5.74) is 1.06. The van der Waals surface area contributed by atoms with E-state index in [1.165, 1.54) is 19.3 Å². The zero-order valence-corrected chi connectivity index (χ0v) is 10.8. The highest BCUT2D eigenvalue weighted by Crippen LogP contribution is 2.34. The predicted molar refractivity (Wildman–Crippen MR) is 70.0 cm³/mol. The number of benzene rings is 1. The maximum Gasteiger partial charge on any atom is 0.124 e. The summed E-state index contributed by atoms with van der Waals surface area (Å²) in [5.74, 6) is 2.58. The third-order valence-electron chi connectivity index (χ3n) is 3.15. The normalized spacial score (nSPS) is 16.4. The molecular formula is C14H21NO2. The van der Waals surface area contributed by atoms with Gasteiger partial charge in [-0.05, 0) is 19.3 Å². The zero-order valence-electron chi connectivity index (χ0n) is 10.8. The van der Waals surface area contributed by atoms with Crippen molar-refractivity contribution >= 4 is 5.69 Å². The van der Waals surface area contributed by atoms with Crippen molar-refractivity contribution in [1.29, 1.82) is 0 Å². The molecule has 0 spiro atoms. The van der Waals surface area contributed by atoms with Crippen LogP contribution < -0.4 is 14.8 Å². The quantitative estimate of drug-likeness (QED) is 0.820. The van der Waals surface area contributed by atoms with Gasteiger partial charge in [0.05, 0.1) is 14.2 Å².